The average molecular weight is 310 g/mol. The summed E-state index contributed by atoms with van der Waals surface area (Å²) < 4.78 is 26.1. The lowest BCUT2D eigenvalue weighted by molar-refractivity contribution is -0.259. The summed E-state index contributed by atoms with van der Waals surface area (Å²) in [6.45, 7) is 2.34. The predicted molar refractivity (Wildman–Crippen MR) is 71.8 cm³/mol. The van der Waals surface area contributed by atoms with Crippen molar-refractivity contribution in [3.8, 4) is 0 Å². The van der Waals surface area contributed by atoms with E-state index >= 15 is 0 Å². The molecule has 3 N–H and O–H groups in total. The standard InChI is InChI=1S/C13H26O8/c1-17-2-3-18-4-5-19-6-7-20-12-8-10(15)13(16)11(9-14)21-12/h10-16H,2-9H2,1H3/t10-,11-,12-,13-/m1/s1. The van der Waals surface area contributed by atoms with E-state index in [0.29, 0.717) is 39.6 Å². The molecule has 0 saturated carbocycles. The van der Waals surface area contributed by atoms with Crippen molar-refractivity contribution in [2.75, 3.05) is 53.4 Å². The van der Waals surface area contributed by atoms with Crippen molar-refractivity contribution in [1.29, 1.82) is 0 Å². The largest absolute Gasteiger partial charge is 0.394 e. The topological polar surface area (TPSA) is 107 Å². The van der Waals surface area contributed by atoms with Crippen molar-refractivity contribution in [1.82, 2.24) is 0 Å². The molecule has 126 valence electrons. The van der Waals surface area contributed by atoms with Gasteiger partial charge >= 0.3 is 0 Å². The lowest BCUT2D eigenvalue weighted by Crippen LogP contribution is -2.50. The highest BCUT2D eigenvalue weighted by Gasteiger charge is 2.36. The fourth-order valence-electron chi connectivity index (χ4n) is 1.88. The molecule has 1 fully saturated rings. The first-order valence-electron chi connectivity index (χ1n) is 7.07. The maximum atomic E-state index is 9.61. The van der Waals surface area contributed by atoms with Crippen molar-refractivity contribution in [2.45, 2.75) is 31.0 Å². The fourth-order valence-corrected chi connectivity index (χ4v) is 1.88. The van der Waals surface area contributed by atoms with Gasteiger partial charge in [-0.3, -0.25) is 0 Å². The zero-order valence-electron chi connectivity index (χ0n) is 12.3. The van der Waals surface area contributed by atoms with Gasteiger partial charge in [0.1, 0.15) is 12.2 Å². The molecular weight excluding hydrogens is 284 g/mol. The molecule has 8 heteroatoms. The number of aliphatic hydroxyl groups is 3. The molecule has 0 aromatic rings. The van der Waals surface area contributed by atoms with E-state index < -0.39 is 24.6 Å². The van der Waals surface area contributed by atoms with E-state index in [1.165, 1.54) is 0 Å². The van der Waals surface area contributed by atoms with Gasteiger partial charge in [0, 0.05) is 13.5 Å². The quantitative estimate of drug-likeness (QED) is 0.396. The van der Waals surface area contributed by atoms with Crippen LogP contribution < -0.4 is 0 Å². The molecule has 1 rings (SSSR count). The van der Waals surface area contributed by atoms with Crippen LogP contribution in [0.4, 0.5) is 0 Å². The second kappa shape index (κ2) is 11.3. The zero-order valence-corrected chi connectivity index (χ0v) is 12.3. The summed E-state index contributed by atoms with van der Waals surface area (Å²) >= 11 is 0. The van der Waals surface area contributed by atoms with Gasteiger partial charge in [-0.15, -0.1) is 0 Å². The molecule has 0 aromatic carbocycles. The van der Waals surface area contributed by atoms with Crippen LogP contribution in [0.15, 0.2) is 0 Å². The normalized spacial score (nSPS) is 29.7. The Morgan fingerprint density at radius 1 is 1.00 bits per heavy atom. The molecule has 0 radical (unpaired) electrons. The highest BCUT2D eigenvalue weighted by molar-refractivity contribution is 4.82. The molecule has 1 heterocycles. The van der Waals surface area contributed by atoms with Crippen molar-refractivity contribution >= 4 is 0 Å². The molecule has 8 nitrogen and oxygen atoms in total. The Hall–Kier alpha value is -0.320. The Kier molecular flexibility index (Phi) is 10.1. The molecule has 21 heavy (non-hydrogen) atoms. The zero-order chi connectivity index (χ0) is 15.5. The van der Waals surface area contributed by atoms with Crippen molar-refractivity contribution < 1.29 is 39.0 Å². The van der Waals surface area contributed by atoms with E-state index in [-0.39, 0.29) is 13.0 Å². The second-order valence-corrected chi connectivity index (χ2v) is 4.67. The molecule has 0 spiro atoms. The Morgan fingerprint density at radius 2 is 1.62 bits per heavy atom. The van der Waals surface area contributed by atoms with Crippen LogP contribution in [0.3, 0.4) is 0 Å². The van der Waals surface area contributed by atoms with E-state index in [1.807, 2.05) is 0 Å². The van der Waals surface area contributed by atoms with Crippen LogP contribution in [0.25, 0.3) is 0 Å². The minimum atomic E-state index is -1.09. The van der Waals surface area contributed by atoms with Crippen LogP contribution in [0.1, 0.15) is 6.42 Å². The number of rotatable bonds is 11. The number of ether oxygens (including phenoxy) is 5. The van der Waals surface area contributed by atoms with Crippen LogP contribution in [-0.2, 0) is 23.7 Å². The summed E-state index contributed by atoms with van der Waals surface area (Å²) in [4.78, 5) is 0. The summed E-state index contributed by atoms with van der Waals surface area (Å²) in [6, 6.07) is 0. The Labute approximate surface area is 124 Å². The summed E-state index contributed by atoms with van der Waals surface area (Å²) in [6.07, 6.45) is -3.36. The number of hydrogen-bond donors (Lipinski definition) is 3. The van der Waals surface area contributed by atoms with Gasteiger partial charge in [0.2, 0.25) is 0 Å². The predicted octanol–water partition coefficient (Wildman–Crippen LogP) is -1.49. The summed E-state index contributed by atoms with van der Waals surface area (Å²) in [5.41, 5.74) is 0. The van der Waals surface area contributed by atoms with Gasteiger partial charge in [-0.25, -0.2) is 0 Å². The summed E-state index contributed by atoms with van der Waals surface area (Å²) in [7, 11) is 1.61. The van der Waals surface area contributed by atoms with Crippen LogP contribution in [0.2, 0.25) is 0 Å². The lowest BCUT2D eigenvalue weighted by atomic mass is 10.0. The summed E-state index contributed by atoms with van der Waals surface area (Å²) in [5, 5.41) is 28.2. The summed E-state index contributed by atoms with van der Waals surface area (Å²) in [5.74, 6) is 0. The first kappa shape index (κ1) is 18.7. The molecule has 0 bridgehead atoms. The minimum Gasteiger partial charge on any atom is -0.394 e. The third-order valence-electron chi connectivity index (χ3n) is 3.05. The molecule has 0 aromatic heterocycles. The fraction of sp³-hybridized carbons (Fsp3) is 1.00. The highest BCUT2D eigenvalue weighted by atomic mass is 16.7. The van der Waals surface area contributed by atoms with Crippen molar-refractivity contribution in [3.63, 3.8) is 0 Å². The maximum Gasteiger partial charge on any atom is 0.160 e. The molecular formula is C13H26O8. The number of methoxy groups -OCH3 is 1. The van der Waals surface area contributed by atoms with Gasteiger partial charge in [0.25, 0.3) is 0 Å². The van der Waals surface area contributed by atoms with Gasteiger partial charge in [-0.05, 0) is 0 Å². The van der Waals surface area contributed by atoms with E-state index in [2.05, 4.69) is 0 Å². The van der Waals surface area contributed by atoms with Gasteiger partial charge in [-0.1, -0.05) is 0 Å². The highest BCUT2D eigenvalue weighted by Crippen LogP contribution is 2.20. The monoisotopic (exact) mass is 310 g/mol. The van der Waals surface area contributed by atoms with Gasteiger partial charge in [-0.2, -0.15) is 0 Å². The SMILES string of the molecule is COCCOCCOCCO[C@H]1C[C@@H](O)[C@@H](O)[C@@H](CO)O1. The Balaban J connectivity index is 2.00. The molecule has 1 aliphatic rings. The van der Waals surface area contributed by atoms with Crippen LogP contribution in [-0.4, -0.2) is 93.3 Å². The van der Waals surface area contributed by atoms with E-state index in [0.717, 1.165) is 0 Å². The van der Waals surface area contributed by atoms with E-state index in [1.54, 1.807) is 7.11 Å². The molecule has 4 atom stereocenters. The van der Waals surface area contributed by atoms with E-state index in [9.17, 15) is 10.2 Å². The third kappa shape index (κ3) is 7.48. The maximum absolute atomic E-state index is 9.61. The van der Waals surface area contributed by atoms with Gasteiger partial charge in [0.15, 0.2) is 6.29 Å². The first-order chi connectivity index (χ1) is 10.2. The number of aliphatic hydroxyl groups excluding tert-OH is 3. The average Bonchev–Trinajstić information content (AvgIpc) is 2.48. The smallest absolute Gasteiger partial charge is 0.160 e. The second-order valence-electron chi connectivity index (χ2n) is 4.67. The molecule has 0 unspecified atom stereocenters. The Bertz CT molecular complexity index is 252. The molecule has 0 aliphatic carbocycles. The van der Waals surface area contributed by atoms with Crippen LogP contribution >= 0.6 is 0 Å². The Morgan fingerprint density at radius 3 is 2.24 bits per heavy atom. The van der Waals surface area contributed by atoms with Crippen LogP contribution in [0, 0.1) is 0 Å². The molecule has 0 amide bonds. The molecule has 1 aliphatic heterocycles. The van der Waals surface area contributed by atoms with Crippen molar-refractivity contribution in [3.05, 3.63) is 0 Å². The third-order valence-corrected chi connectivity index (χ3v) is 3.05. The van der Waals surface area contributed by atoms with Gasteiger partial charge < -0.3 is 39.0 Å². The van der Waals surface area contributed by atoms with Gasteiger partial charge in [0.05, 0.1) is 52.4 Å². The lowest BCUT2D eigenvalue weighted by Gasteiger charge is -2.35. The van der Waals surface area contributed by atoms with Crippen LogP contribution in [0.5, 0.6) is 0 Å². The van der Waals surface area contributed by atoms with Crippen molar-refractivity contribution in [2.24, 2.45) is 0 Å². The minimum absolute atomic E-state index is 0.164. The van der Waals surface area contributed by atoms with E-state index in [4.69, 9.17) is 28.8 Å². The first-order valence-corrected chi connectivity index (χ1v) is 7.07. The molecule has 1 saturated heterocycles. The number of hydrogen-bond acceptors (Lipinski definition) is 8.